The Morgan fingerprint density at radius 3 is 1.56 bits per heavy atom. The minimum absolute atomic E-state index is 0.00164. The summed E-state index contributed by atoms with van der Waals surface area (Å²) >= 11 is 10.2. The zero-order valence-electron chi connectivity index (χ0n) is 23.9. The summed E-state index contributed by atoms with van der Waals surface area (Å²) in [4.78, 5) is 25.6. The van der Waals surface area contributed by atoms with E-state index in [0.717, 1.165) is 49.6 Å². The van der Waals surface area contributed by atoms with Crippen LogP contribution < -0.4 is 21.5 Å². The highest BCUT2D eigenvalue weighted by atomic mass is 32.1. The minimum Gasteiger partial charge on any atom is -0.382 e. The minimum atomic E-state index is -0.0883. The van der Waals surface area contributed by atoms with Crippen molar-refractivity contribution in [3.05, 3.63) is 40.6 Å². The van der Waals surface area contributed by atoms with E-state index in [2.05, 4.69) is 70.9 Å². The van der Waals surface area contributed by atoms with Crippen LogP contribution in [0, 0.1) is 9.02 Å². The summed E-state index contributed by atoms with van der Waals surface area (Å²) in [7, 11) is 0. The van der Waals surface area contributed by atoms with Gasteiger partial charge >= 0.3 is 0 Å². The van der Waals surface area contributed by atoms with Crippen molar-refractivity contribution in [3.8, 4) is 0 Å². The summed E-state index contributed by atoms with van der Waals surface area (Å²) in [5.74, 6) is 0. The first kappa shape index (κ1) is 32.5. The van der Waals surface area contributed by atoms with Crippen molar-refractivity contribution in [2.24, 2.45) is 0 Å². The second kappa shape index (κ2) is 14.5. The normalized spacial score (nSPS) is 12.2. The van der Waals surface area contributed by atoms with Crippen molar-refractivity contribution in [2.45, 2.75) is 86.0 Å². The Kier molecular flexibility index (Phi) is 13.1. The van der Waals surface area contributed by atoms with Gasteiger partial charge in [0.15, 0.2) is 0 Å². The number of ether oxygens (including phenoxy) is 1. The fraction of sp³-hybridized carbons (Fsp3) is 0.714. The highest BCUT2D eigenvalue weighted by Gasteiger charge is 2.28. The zero-order valence-corrected chi connectivity index (χ0v) is 25.5. The molecule has 0 heterocycles. The molecular formula is C28H47N3O3S2. The predicted molar refractivity (Wildman–Crippen MR) is 160 cm³/mol. The van der Waals surface area contributed by atoms with Crippen LogP contribution in [0.3, 0.4) is 0 Å². The molecule has 0 fully saturated rings. The van der Waals surface area contributed by atoms with Gasteiger partial charge in [0.05, 0.1) is 33.6 Å². The molecule has 2 aromatic rings. The molecule has 8 heteroatoms. The molecule has 0 aromatic heterocycles. The van der Waals surface area contributed by atoms with Crippen LogP contribution in [0.25, 0.3) is 0 Å². The lowest BCUT2D eigenvalue weighted by Gasteiger charge is -2.25. The average molecular weight is 538 g/mol. The van der Waals surface area contributed by atoms with E-state index in [-0.39, 0.29) is 21.7 Å². The molecule has 2 aromatic carbocycles. The van der Waals surface area contributed by atoms with Crippen molar-refractivity contribution in [3.63, 3.8) is 0 Å². The maximum atomic E-state index is 11.9. The van der Waals surface area contributed by atoms with Crippen molar-refractivity contribution >= 4 is 35.8 Å². The molecule has 0 radical (unpaired) electrons. The maximum Gasteiger partial charge on any atom is 0.220 e. The SMILES string of the molecule is CCCN(CCC)CCOCCNc1c(C(C)(C)C)c(=S)c1=O.CCNc1c(C(C)(C)C)c(=S)c1=O. The molecule has 2 N–H and O–H groups in total. The van der Waals surface area contributed by atoms with Gasteiger partial charge in [-0.3, -0.25) is 9.59 Å². The van der Waals surface area contributed by atoms with Gasteiger partial charge < -0.3 is 20.3 Å². The fourth-order valence-corrected chi connectivity index (χ4v) is 5.26. The Hall–Kier alpha value is -1.48. The summed E-state index contributed by atoms with van der Waals surface area (Å²) < 4.78 is 6.67. The topological polar surface area (TPSA) is 70.7 Å². The van der Waals surface area contributed by atoms with Gasteiger partial charge in [-0.05, 0) is 43.7 Å². The van der Waals surface area contributed by atoms with E-state index in [4.69, 9.17) is 29.2 Å². The van der Waals surface area contributed by atoms with Crippen molar-refractivity contribution in [1.82, 2.24) is 4.90 Å². The van der Waals surface area contributed by atoms with Crippen LogP contribution in [0.2, 0.25) is 0 Å². The second-order valence-corrected chi connectivity index (χ2v) is 12.0. The van der Waals surface area contributed by atoms with Crippen molar-refractivity contribution in [2.75, 3.05) is 56.6 Å². The fourth-order valence-electron chi connectivity index (χ4n) is 4.24. The summed E-state index contributed by atoms with van der Waals surface area (Å²) in [5, 5.41) is 6.26. The molecule has 0 aliphatic carbocycles. The number of anilines is 2. The molecule has 0 spiro atoms. The van der Waals surface area contributed by atoms with Gasteiger partial charge in [0.25, 0.3) is 0 Å². The van der Waals surface area contributed by atoms with E-state index in [1.54, 1.807) is 0 Å². The van der Waals surface area contributed by atoms with E-state index < -0.39 is 0 Å². The molecule has 0 saturated heterocycles. The Labute approximate surface area is 228 Å². The molecule has 0 amide bonds. The van der Waals surface area contributed by atoms with Gasteiger partial charge in [-0.15, -0.1) is 0 Å². The van der Waals surface area contributed by atoms with E-state index in [1.165, 1.54) is 12.8 Å². The lowest BCUT2D eigenvalue weighted by molar-refractivity contribution is 0.111. The Bertz CT molecular complexity index is 1090. The highest BCUT2D eigenvalue weighted by Crippen LogP contribution is 2.31. The standard InChI is InChI=1S/C18H32N2O2S.C10H15NOS/c1-6-9-20(10-7-2)11-13-22-12-8-19-15-14(18(3,4)5)17(23)16(15)21;1-5-11-7-6(10(2,3)4)9(13)8(7)12/h19H,6-13H2,1-5H3;11H,5H2,1-4H3. The summed E-state index contributed by atoms with van der Waals surface area (Å²) in [5.41, 5.74) is 3.26. The van der Waals surface area contributed by atoms with Gasteiger partial charge in [0.1, 0.15) is 0 Å². The molecule has 6 nitrogen and oxygen atoms in total. The van der Waals surface area contributed by atoms with Crippen LogP contribution in [0.15, 0.2) is 9.59 Å². The van der Waals surface area contributed by atoms with Crippen molar-refractivity contribution < 1.29 is 4.74 Å². The largest absolute Gasteiger partial charge is 0.382 e. The number of rotatable bonds is 13. The Morgan fingerprint density at radius 1 is 0.722 bits per heavy atom. The summed E-state index contributed by atoms with van der Waals surface area (Å²) in [6, 6.07) is 0. The monoisotopic (exact) mass is 537 g/mol. The number of hydrogen-bond donors (Lipinski definition) is 2. The number of nitrogens with one attached hydrogen (secondary N) is 2. The lowest BCUT2D eigenvalue weighted by Crippen LogP contribution is -2.31. The molecule has 0 aliphatic rings. The summed E-state index contributed by atoms with van der Waals surface area (Å²) in [6.45, 7) is 24.8. The molecule has 0 atom stereocenters. The third-order valence-electron chi connectivity index (χ3n) is 5.85. The second-order valence-electron chi connectivity index (χ2n) is 11.2. The van der Waals surface area contributed by atoms with E-state index in [0.29, 0.717) is 27.9 Å². The third-order valence-corrected chi connectivity index (χ3v) is 6.63. The molecule has 0 saturated carbocycles. The Balaban J connectivity index is 0.000000420. The van der Waals surface area contributed by atoms with Crippen LogP contribution in [0.5, 0.6) is 0 Å². The maximum absolute atomic E-state index is 11.9. The van der Waals surface area contributed by atoms with Crippen LogP contribution in [0.1, 0.15) is 86.3 Å². The quantitative estimate of drug-likeness (QED) is 0.242. The number of nitrogens with zero attached hydrogens (tertiary/aromatic N) is 1. The molecule has 204 valence electrons. The smallest absolute Gasteiger partial charge is 0.220 e. The van der Waals surface area contributed by atoms with Crippen molar-refractivity contribution in [1.29, 1.82) is 0 Å². The van der Waals surface area contributed by atoms with E-state index in [1.807, 2.05) is 6.92 Å². The predicted octanol–water partition coefficient (Wildman–Crippen LogP) is 5.88. The molecular weight excluding hydrogens is 490 g/mol. The first-order chi connectivity index (χ1) is 16.7. The highest BCUT2D eigenvalue weighted by molar-refractivity contribution is 7.71. The average Bonchev–Trinajstić information content (AvgIpc) is 2.78. The first-order valence-electron chi connectivity index (χ1n) is 13.2. The molecule has 0 unspecified atom stereocenters. The lowest BCUT2D eigenvalue weighted by atomic mass is 9.83. The molecule has 36 heavy (non-hydrogen) atoms. The first-order valence-corrected chi connectivity index (χ1v) is 14.0. The van der Waals surface area contributed by atoms with Crippen LogP contribution >= 0.6 is 24.4 Å². The van der Waals surface area contributed by atoms with E-state index in [9.17, 15) is 9.59 Å². The zero-order chi connectivity index (χ0) is 27.7. The summed E-state index contributed by atoms with van der Waals surface area (Å²) in [6.07, 6.45) is 2.35. The van der Waals surface area contributed by atoms with Crippen LogP contribution in [-0.2, 0) is 15.6 Å². The van der Waals surface area contributed by atoms with E-state index >= 15 is 0 Å². The van der Waals surface area contributed by atoms with Gasteiger partial charge in [-0.1, -0.05) is 79.8 Å². The third kappa shape index (κ3) is 8.82. The van der Waals surface area contributed by atoms with Crippen LogP contribution in [-0.4, -0.2) is 50.8 Å². The molecule has 0 aliphatic heterocycles. The van der Waals surface area contributed by atoms with Gasteiger partial charge in [-0.2, -0.15) is 0 Å². The van der Waals surface area contributed by atoms with Crippen LogP contribution in [0.4, 0.5) is 11.4 Å². The van der Waals surface area contributed by atoms with Gasteiger partial charge in [0.2, 0.25) is 10.9 Å². The molecule has 0 bridgehead atoms. The van der Waals surface area contributed by atoms with Gasteiger partial charge in [-0.25, -0.2) is 0 Å². The molecule has 2 rings (SSSR count). The number of hydrogen-bond acceptors (Lipinski definition) is 8. The van der Waals surface area contributed by atoms with Gasteiger partial charge in [0, 0.05) is 30.8 Å². The Morgan fingerprint density at radius 2 is 1.17 bits per heavy atom.